The van der Waals surface area contributed by atoms with E-state index in [1.165, 1.54) is 6.08 Å². The van der Waals surface area contributed by atoms with Crippen LogP contribution in [-0.4, -0.2) is 49.0 Å². The predicted molar refractivity (Wildman–Crippen MR) is 115 cm³/mol. The van der Waals surface area contributed by atoms with Crippen LogP contribution in [0.4, 0.5) is 0 Å². The first kappa shape index (κ1) is 22.1. The third-order valence-corrected chi connectivity index (χ3v) is 4.58. The van der Waals surface area contributed by atoms with Crippen molar-refractivity contribution in [2.75, 3.05) is 26.4 Å². The molecule has 0 saturated carbocycles. The van der Waals surface area contributed by atoms with Crippen LogP contribution in [0.2, 0.25) is 0 Å². The molecule has 1 aliphatic rings. The zero-order valence-electron chi connectivity index (χ0n) is 17.6. The maximum atomic E-state index is 12.3. The average molecular weight is 423 g/mol. The van der Waals surface area contributed by atoms with E-state index in [2.05, 4.69) is 0 Å². The maximum Gasteiger partial charge on any atom is 0.330 e. The summed E-state index contributed by atoms with van der Waals surface area (Å²) in [4.78, 5) is 37.7. The van der Waals surface area contributed by atoms with Crippen molar-refractivity contribution >= 4 is 23.9 Å². The number of ether oxygens (including phenoxy) is 3. The summed E-state index contributed by atoms with van der Waals surface area (Å²) >= 11 is 0. The van der Waals surface area contributed by atoms with E-state index in [-0.39, 0.29) is 25.0 Å². The highest BCUT2D eigenvalue weighted by Gasteiger charge is 2.34. The summed E-state index contributed by atoms with van der Waals surface area (Å²) in [6.07, 6.45) is 3.79. The molecule has 31 heavy (non-hydrogen) atoms. The predicted octanol–water partition coefficient (Wildman–Crippen LogP) is 3.73. The van der Waals surface area contributed by atoms with E-state index >= 15 is 0 Å². The molecule has 0 spiro atoms. The molecule has 7 nitrogen and oxygen atoms in total. The Balaban J connectivity index is 1.53. The molecule has 1 heterocycles. The zero-order valence-corrected chi connectivity index (χ0v) is 17.6. The number of fused-ring (bicyclic) bond motifs is 1. The Morgan fingerprint density at radius 2 is 1.65 bits per heavy atom. The number of amides is 2. The van der Waals surface area contributed by atoms with Gasteiger partial charge in [0.15, 0.2) is 11.5 Å². The first-order chi connectivity index (χ1) is 15.0. The number of hydrogen-bond donors (Lipinski definition) is 0. The molecule has 0 saturated heterocycles. The summed E-state index contributed by atoms with van der Waals surface area (Å²) in [5.74, 6) is -0.0515. The van der Waals surface area contributed by atoms with E-state index in [4.69, 9.17) is 14.2 Å². The lowest BCUT2D eigenvalue weighted by molar-refractivity contribution is -0.137. The Kier molecular flexibility index (Phi) is 7.43. The molecular formula is C24H25NO6. The zero-order chi connectivity index (χ0) is 22.2. The third kappa shape index (κ3) is 5.31. The summed E-state index contributed by atoms with van der Waals surface area (Å²) < 4.78 is 16.4. The van der Waals surface area contributed by atoms with Crippen molar-refractivity contribution in [1.82, 2.24) is 4.90 Å². The molecule has 3 rings (SSSR count). The van der Waals surface area contributed by atoms with Crippen LogP contribution in [0.25, 0.3) is 6.08 Å². The monoisotopic (exact) mass is 423 g/mol. The topological polar surface area (TPSA) is 82.1 Å². The van der Waals surface area contributed by atoms with E-state index in [1.807, 2.05) is 19.9 Å². The van der Waals surface area contributed by atoms with Crippen molar-refractivity contribution in [3.05, 3.63) is 65.2 Å². The molecule has 0 fully saturated rings. The van der Waals surface area contributed by atoms with Gasteiger partial charge >= 0.3 is 5.97 Å². The number of benzene rings is 2. The van der Waals surface area contributed by atoms with Gasteiger partial charge in [0.2, 0.25) is 0 Å². The number of rotatable bonds is 10. The van der Waals surface area contributed by atoms with Gasteiger partial charge in [-0.25, -0.2) is 4.79 Å². The molecule has 0 aromatic heterocycles. The van der Waals surface area contributed by atoms with Crippen molar-refractivity contribution in [2.45, 2.75) is 20.3 Å². The van der Waals surface area contributed by atoms with Crippen molar-refractivity contribution in [2.24, 2.45) is 0 Å². The molecule has 7 heteroatoms. The fourth-order valence-electron chi connectivity index (χ4n) is 3.12. The van der Waals surface area contributed by atoms with Gasteiger partial charge in [0.25, 0.3) is 11.8 Å². The van der Waals surface area contributed by atoms with E-state index in [1.54, 1.807) is 42.5 Å². The number of esters is 1. The number of carbonyl (C=O) groups is 3. The summed E-state index contributed by atoms with van der Waals surface area (Å²) in [5, 5.41) is 0. The fourth-order valence-corrected chi connectivity index (χ4v) is 3.12. The van der Waals surface area contributed by atoms with Crippen molar-refractivity contribution in [3.63, 3.8) is 0 Å². The number of carbonyl (C=O) groups excluding carboxylic acids is 3. The van der Waals surface area contributed by atoms with Gasteiger partial charge < -0.3 is 14.2 Å². The van der Waals surface area contributed by atoms with Crippen LogP contribution in [0.5, 0.6) is 11.5 Å². The van der Waals surface area contributed by atoms with Gasteiger partial charge in [-0.05, 0) is 49.2 Å². The molecule has 2 amide bonds. The largest absolute Gasteiger partial charge is 0.490 e. The molecule has 0 atom stereocenters. The number of imide groups is 1. The van der Waals surface area contributed by atoms with Crippen LogP contribution in [0.15, 0.2) is 48.5 Å². The van der Waals surface area contributed by atoms with Crippen LogP contribution < -0.4 is 9.47 Å². The molecule has 0 aliphatic carbocycles. The molecular weight excluding hydrogens is 398 g/mol. The minimum Gasteiger partial charge on any atom is -0.490 e. The van der Waals surface area contributed by atoms with Crippen LogP contribution in [-0.2, 0) is 9.53 Å². The average Bonchev–Trinajstić information content (AvgIpc) is 3.02. The molecule has 2 aromatic carbocycles. The molecule has 0 N–H and O–H groups in total. The number of nitrogens with zero attached hydrogens (tertiary/aromatic N) is 1. The number of hydrogen-bond acceptors (Lipinski definition) is 6. The van der Waals surface area contributed by atoms with Gasteiger partial charge in [-0.3, -0.25) is 14.5 Å². The molecule has 1 aliphatic heterocycles. The molecule has 0 bridgehead atoms. The van der Waals surface area contributed by atoms with Crippen LogP contribution in [0, 0.1) is 0 Å². The lowest BCUT2D eigenvalue weighted by Crippen LogP contribution is -2.33. The highest BCUT2D eigenvalue weighted by molar-refractivity contribution is 6.21. The van der Waals surface area contributed by atoms with Gasteiger partial charge in [-0.15, -0.1) is 0 Å². The van der Waals surface area contributed by atoms with E-state index in [0.29, 0.717) is 35.8 Å². The fraction of sp³-hybridized carbons (Fsp3) is 0.292. The Bertz CT molecular complexity index is 962. The van der Waals surface area contributed by atoms with Gasteiger partial charge in [0, 0.05) is 6.08 Å². The van der Waals surface area contributed by atoms with Gasteiger partial charge in [-0.1, -0.05) is 25.1 Å². The first-order valence-electron chi connectivity index (χ1n) is 10.2. The van der Waals surface area contributed by atoms with E-state index < -0.39 is 5.97 Å². The van der Waals surface area contributed by atoms with Crippen molar-refractivity contribution < 1.29 is 28.6 Å². The Hall–Kier alpha value is -3.61. The Morgan fingerprint density at radius 1 is 0.935 bits per heavy atom. The van der Waals surface area contributed by atoms with Gasteiger partial charge in [0.1, 0.15) is 6.61 Å². The second-order valence-corrected chi connectivity index (χ2v) is 6.80. The lowest BCUT2D eigenvalue weighted by atomic mass is 10.1. The third-order valence-electron chi connectivity index (χ3n) is 4.58. The summed E-state index contributed by atoms with van der Waals surface area (Å²) in [7, 11) is 0. The smallest absolute Gasteiger partial charge is 0.330 e. The molecule has 0 radical (unpaired) electrons. The minimum absolute atomic E-state index is 0.00385. The van der Waals surface area contributed by atoms with Crippen molar-refractivity contribution in [1.29, 1.82) is 0 Å². The van der Waals surface area contributed by atoms with Crippen LogP contribution >= 0.6 is 0 Å². The molecule has 162 valence electrons. The molecule has 0 unspecified atom stereocenters. The SMILES string of the molecule is CCCOc1ccc(C=CC(=O)OCCN2C(=O)c3ccccc3C2=O)cc1OCC. The first-order valence-corrected chi connectivity index (χ1v) is 10.2. The second-order valence-electron chi connectivity index (χ2n) is 6.80. The summed E-state index contributed by atoms with van der Waals surface area (Å²) in [5.41, 5.74) is 1.50. The lowest BCUT2D eigenvalue weighted by Gasteiger charge is -2.13. The quantitative estimate of drug-likeness (QED) is 0.329. The van der Waals surface area contributed by atoms with Gasteiger partial charge in [0.05, 0.1) is 30.9 Å². The molecule has 2 aromatic rings. The highest BCUT2D eigenvalue weighted by Crippen LogP contribution is 2.29. The van der Waals surface area contributed by atoms with Crippen molar-refractivity contribution in [3.8, 4) is 11.5 Å². The van der Waals surface area contributed by atoms with E-state index in [9.17, 15) is 14.4 Å². The standard InChI is InChI=1S/C24H25NO6/c1-3-14-30-20-11-9-17(16-21(20)29-4-2)10-12-22(26)31-15-13-25-23(27)18-7-5-6-8-19(18)24(25)28/h5-12,16H,3-4,13-15H2,1-2H3. The van der Waals surface area contributed by atoms with Crippen LogP contribution in [0.3, 0.4) is 0 Å². The van der Waals surface area contributed by atoms with Gasteiger partial charge in [-0.2, -0.15) is 0 Å². The normalized spacial score (nSPS) is 12.9. The highest BCUT2D eigenvalue weighted by atomic mass is 16.5. The summed E-state index contributed by atoms with van der Waals surface area (Å²) in [6.45, 7) is 4.92. The summed E-state index contributed by atoms with van der Waals surface area (Å²) in [6, 6.07) is 12.0. The minimum atomic E-state index is -0.569. The maximum absolute atomic E-state index is 12.3. The van der Waals surface area contributed by atoms with Crippen LogP contribution in [0.1, 0.15) is 46.5 Å². The second kappa shape index (κ2) is 10.4. The van der Waals surface area contributed by atoms with E-state index in [0.717, 1.165) is 16.9 Å². The Labute approximate surface area is 181 Å². The Morgan fingerprint density at radius 3 is 2.29 bits per heavy atom.